The molecule has 1 heterocycles. The van der Waals surface area contributed by atoms with Crippen molar-refractivity contribution in [1.82, 2.24) is 10.2 Å². The predicted octanol–water partition coefficient (Wildman–Crippen LogP) is 1.59. The van der Waals surface area contributed by atoms with Crippen LogP contribution in [0.5, 0.6) is 0 Å². The summed E-state index contributed by atoms with van der Waals surface area (Å²) in [7, 11) is 4.34. The van der Waals surface area contributed by atoms with E-state index < -0.39 is 0 Å². The van der Waals surface area contributed by atoms with Gasteiger partial charge in [0, 0.05) is 24.5 Å². The molecule has 0 aromatic heterocycles. The Balaban J connectivity index is 2.21. The van der Waals surface area contributed by atoms with Gasteiger partial charge in [0.1, 0.15) is 0 Å². The number of ether oxygens (including phenoxy) is 1. The molecule has 3 nitrogen and oxygen atoms in total. The van der Waals surface area contributed by atoms with Crippen molar-refractivity contribution in [3.8, 4) is 0 Å². The monoisotopic (exact) mass is 228 g/mol. The van der Waals surface area contributed by atoms with Crippen molar-refractivity contribution in [1.29, 1.82) is 0 Å². The molecule has 0 amide bonds. The molecule has 0 bridgehead atoms. The normalized spacial score (nSPS) is 21.2. The summed E-state index contributed by atoms with van der Waals surface area (Å²) in [6.45, 7) is 10.9. The lowest BCUT2D eigenvalue weighted by Crippen LogP contribution is -2.49. The quantitative estimate of drug-likeness (QED) is 0.716. The smallest absolute Gasteiger partial charge is 0.0554 e. The van der Waals surface area contributed by atoms with Gasteiger partial charge in [0.15, 0.2) is 0 Å². The molecule has 0 saturated carbocycles. The molecule has 1 saturated heterocycles. The Morgan fingerprint density at radius 1 is 1.31 bits per heavy atom. The highest BCUT2D eigenvalue weighted by Gasteiger charge is 2.32. The van der Waals surface area contributed by atoms with E-state index in [2.05, 4.69) is 45.1 Å². The second kappa shape index (κ2) is 5.99. The number of hydrogen-bond acceptors (Lipinski definition) is 3. The Bertz CT molecular complexity index is 200. The molecule has 1 rings (SSSR count). The average Bonchev–Trinajstić information content (AvgIpc) is 2.12. The minimum atomic E-state index is 0.384. The van der Waals surface area contributed by atoms with Crippen molar-refractivity contribution in [3.63, 3.8) is 0 Å². The molecule has 1 atom stereocenters. The van der Waals surface area contributed by atoms with E-state index in [1.54, 1.807) is 0 Å². The van der Waals surface area contributed by atoms with Gasteiger partial charge in [-0.25, -0.2) is 0 Å². The lowest BCUT2D eigenvalue weighted by molar-refractivity contribution is -0.0993. The minimum Gasteiger partial charge on any atom is -0.380 e. The van der Waals surface area contributed by atoms with E-state index in [0.717, 1.165) is 32.2 Å². The van der Waals surface area contributed by atoms with Gasteiger partial charge in [0.05, 0.1) is 13.2 Å². The van der Waals surface area contributed by atoms with Crippen LogP contribution in [0.25, 0.3) is 0 Å². The molecular formula is C13H28N2O. The van der Waals surface area contributed by atoms with E-state index >= 15 is 0 Å². The first-order valence-corrected chi connectivity index (χ1v) is 6.38. The molecule has 0 aromatic carbocycles. The second-order valence-electron chi connectivity index (χ2n) is 6.18. The summed E-state index contributed by atoms with van der Waals surface area (Å²) >= 11 is 0. The van der Waals surface area contributed by atoms with Crippen LogP contribution in [0.4, 0.5) is 0 Å². The Labute approximate surface area is 101 Å². The second-order valence-corrected chi connectivity index (χ2v) is 6.18. The predicted molar refractivity (Wildman–Crippen MR) is 68.7 cm³/mol. The fourth-order valence-corrected chi connectivity index (χ4v) is 2.11. The molecule has 0 aliphatic carbocycles. The van der Waals surface area contributed by atoms with Crippen LogP contribution in [0.1, 0.15) is 27.2 Å². The highest BCUT2D eigenvalue weighted by atomic mass is 16.5. The van der Waals surface area contributed by atoms with Crippen LogP contribution in [0.2, 0.25) is 0 Å². The van der Waals surface area contributed by atoms with Gasteiger partial charge >= 0.3 is 0 Å². The zero-order valence-corrected chi connectivity index (χ0v) is 11.5. The summed E-state index contributed by atoms with van der Waals surface area (Å²) in [5.74, 6) is 0.761. The number of likely N-dealkylation sites (N-methyl/N-ethyl adjacent to an activating group) is 1. The lowest BCUT2D eigenvalue weighted by atomic mass is 9.88. The number of nitrogens with one attached hydrogen (secondary N) is 1. The van der Waals surface area contributed by atoms with Crippen LogP contribution in [-0.4, -0.2) is 51.3 Å². The van der Waals surface area contributed by atoms with Gasteiger partial charge in [0.25, 0.3) is 0 Å². The zero-order chi connectivity index (χ0) is 12.2. The third-order valence-electron chi connectivity index (χ3n) is 3.31. The topological polar surface area (TPSA) is 24.5 Å². The van der Waals surface area contributed by atoms with Gasteiger partial charge in [0.2, 0.25) is 0 Å². The van der Waals surface area contributed by atoms with Crippen LogP contribution in [0.3, 0.4) is 0 Å². The molecule has 1 unspecified atom stereocenters. The van der Waals surface area contributed by atoms with E-state index in [1.807, 2.05) is 0 Å². The van der Waals surface area contributed by atoms with Gasteiger partial charge in [-0.1, -0.05) is 20.8 Å². The summed E-state index contributed by atoms with van der Waals surface area (Å²) in [4.78, 5) is 2.33. The maximum atomic E-state index is 5.26. The van der Waals surface area contributed by atoms with E-state index in [4.69, 9.17) is 4.74 Å². The lowest BCUT2D eigenvalue weighted by Gasteiger charge is -2.39. The average molecular weight is 228 g/mol. The van der Waals surface area contributed by atoms with Crippen LogP contribution in [0.15, 0.2) is 0 Å². The number of nitrogens with zero attached hydrogens (tertiary/aromatic N) is 1. The van der Waals surface area contributed by atoms with Crippen LogP contribution >= 0.6 is 0 Å². The summed E-state index contributed by atoms with van der Waals surface area (Å²) in [5, 5.41) is 3.59. The Kier molecular flexibility index (Phi) is 5.22. The largest absolute Gasteiger partial charge is 0.380 e. The zero-order valence-electron chi connectivity index (χ0n) is 11.5. The SMILES string of the molecule is CC(C)CC(CNCC1(C)COC1)N(C)C. The summed E-state index contributed by atoms with van der Waals surface area (Å²) < 4.78 is 5.26. The first-order valence-electron chi connectivity index (χ1n) is 6.38. The highest BCUT2D eigenvalue weighted by Crippen LogP contribution is 2.25. The van der Waals surface area contributed by atoms with Crippen molar-refractivity contribution in [3.05, 3.63) is 0 Å². The summed E-state index contributed by atoms with van der Waals surface area (Å²) in [6.07, 6.45) is 1.26. The fraction of sp³-hybridized carbons (Fsp3) is 1.00. The van der Waals surface area contributed by atoms with Gasteiger partial charge in [-0.05, 0) is 26.4 Å². The fourth-order valence-electron chi connectivity index (χ4n) is 2.11. The maximum Gasteiger partial charge on any atom is 0.0554 e. The Morgan fingerprint density at radius 3 is 2.31 bits per heavy atom. The molecule has 16 heavy (non-hydrogen) atoms. The first kappa shape index (κ1) is 13.9. The molecule has 0 aromatic rings. The van der Waals surface area contributed by atoms with Crippen molar-refractivity contribution in [2.24, 2.45) is 11.3 Å². The van der Waals surface area contributed by atoms with E-state index in [9.17, 15) is 0 Å². The van der Waals surface area contributed by atoms with E-state index in [1.165, 1.54) is 6.42 Å². The number of rotatable bonds is 7. The maximum absolute atomic E-state index is 5.26. The van der Waals surface area contributed by atoms with Crippen LogP contribution in [-0.2, 0) is 4.74 Å². The van der Waals surface area contributed by atoms with Gasteiger partial charge in [-0.3, -0.25) is 0 Å². The van der Waals surface area contributed by atoms with Crippen molar-refractivity contribution >= 4 is 0 Å². The highest BCUT2D eigenvalue weighted by molar-refractivity contribution is 4.84. The standard InChI is InChI=1S/C13H28N2O/c1-11(2)6-12(15(4)5)7-14-8-13(3)9-16-10-13/h11-12,14H,6-10H2,1-5H3. The van der Waals surface area contributed by atoms with Gasteiger partial charge in [-0.2, -0.15) is 0 Å². The van der Waals surface area contributed by atoms with Crippen LogP contribution < -0.4 is 5.32 Å². The molecule has 1 aliphatic rings. The molecule has 1 fully saturated rings. The first-order chi connectivity index (χ1) is 7.43. The Morgan fingerprint density at radius 2 is 1.94 bits per heavy atom. The number of hydrogen-bond donors (Lipinski definition) is 1. The molecule has 0 radical (unpaired) electrons. The van der Waals surface area contributed by atoms with Crippen LogP contribution in [0, 0.1) is 11.3 Å². The summed E-state index contributed by atoms with van der Waals surface area (Å²) in [5.41, 5.74) is 0.384. The Hall–Kier alpha value is -0.120. The van der Waals surface area contributed by atoms with Crippen molar-refractivity contribution in [2.75, 3.05) is 40.4 Å². The van der Waals surface area contributed by atoms with Crippen molar-refractivity contribution < 1.29 is 4.74 Å². The molecular weight excluding hydrogens is 200 g/mol. The van der Waals surface area contributed by atoms with E-state index in [0.29, 0.717) is 11.5 Å². The molecule has 0 spiro atoms. The van der Waals surface area contributed by atoms with Gasteiger partial charge in [-0.15, -0.1) is 0 Å². The third kappa shape index (κ3) is 4.40. The van der Waals surface area contributed by atoms with Gasteiger partial charge < -0.3 is 15.0 Å². The third-order valence-corrected chi connectivity index (χ3v) is 3.31. The molecule has 96 valence electrons. The minimum absolute atomic E-state index is 0.384. The van der Waals surface area contributed by atoms with E-state index in [-0.39, 0.29) is 0 Å². The van der Waals surface area contributed by atoms with Crippen molar-refractivity contribution in [2.45, 2.75) is 33.2 Å². The molecule has 3 heteroatoms. The molecule has 1 aliphatic heterocycles. The summed E-state index contributed by atoms with van der Waals surface area (Å²) in [6, 6.07) is 0.643. The molecule has 1 N–H and O–H groups in total.